The number of hydrogen-bond donors (Lipinski definition) is 1. The first-order valence-electron chi connectivity index (χ1n) is 12.6. The molecule has 5 rings (SSSR count). The minimum atomic E-state index is -0.591. The Labute approximate surface area is 226 Å². The van der Waals surface area contributed by atoms with Gasteiger partial charge in [-0.05, 0) is 80.6 Å². The predicted octanol–water partition coefficient (Wildman–Crippen LogP) is 5.42. The van der Waals surface area contributed by atoms with E-state index in [1.54, 1.807) is 56.4 Å². The molecule has 1 aromatic heterocycles. The SMILES string of the molecule is CCOC(=O)c1ccc(N2C(=O)c3[nH]nc(-c4ccc(OCC)cc4)c3C2c2cc(OC)ccc2OC)cc1. The molecule has 200 valence electrons. The Morgan fingerprint density at radius 3 is 2.28 bits per heavy atom. The third kappa shape index (κ3) is 4.67. The summed E-state index contributed by atoms with van der Waals surface area (Å²) in [6, 6.07) is 19.3. The number of aromatic amines is 1. The lowest BCUT2D eigenvalue weighted by Crippen LogP contribution is -2.29. The van der Waals surface area contributed by atoms with Crippen molar-refractivity contribution in [3.8, 4) is 28.5 Å². The quantitative estimate of drug-likeness (QED) is 0.290. The fourth-order valence-electron chi connectivity index (χ4n) is 4.83. The number of benzene rings is 3. The number of amides is 1. The molecule has 2 heterocycles. The number of carbonyl (C=O) groups excluding carboxylic acids is 2. The molecule has 0 bridgehead atoms. The van der Waals surface area contributed by atoms with Crippen LogP contribution in [0.1, 0.15) is 51.9 Å². The lowest BCUT2D eigenvalue weighted by molar-refractivity contribution is 0.0526. The van der Waals surface area contributed by atoms with Crippen LogP contribution in [0.15, 0.2) is 66.7 Å². The topological polar surface area (TPSA) is 103 Å². The molecule has 9 nitrogen and oxygen atoms in total. The van der Waals surface area contributed by atoms with Crippen molar-refractivity contribution in [1.82, 2.24) is 10.2 Å². The maximum Gasteiger partial charge on any atom is 0.338 e. The summed E-state index contributed by atoms with van der Waals surface area (Å²) < 4.78 is 22.0. The lowest BCUT2D eigenvalue weighted by atomic mass is 9.94. The number of rotatable bonds is 9. The predicted molar refractivity (Wildman–Crippen MR) is 146 cm³/mol. The summed E-state index contributed by atoms with van der Waals surface area (Å²) >= 11 is 0. The van der Waals surface area contributed by atoms with Crippen molar-refractivity contribution in [2.24, 2.45) is 0 Å². The summed E-state index contributed by atoms with van der Waals surface area (Å²) in [5, 5.41) is 7.51. The molecule has 0 aliphatic carbocycles. The second-order valence-corrected chi connectivity index (χ2v) is 8.77. The van der Waals surface area contributed by atoms with Gasteiger partial charge in [-0.15, -0.1) is 0 Å². The van der Waals surface area contributed by atoms with Crippen LogP contribution < -0.4 is 19.1 Å². The molecule has 1 aliphatic heterocycles. The molecule has 9 heteroatoms. The van der Waals surface area contributed by atoms with E-state index in [0.717, 1.165) is 16.9 Å². The fraction of sp³-hybridized carbons (Fsp3) is 0.233. The summed E-state index contributed by atoms with van der Waals surface area (Å²) in [5.74, 6) is 1.28. The van der Waals surface area contributed by atoms with Crippen molar-refractivity contribution in [2.45, 2.75) is 19.9 Å². The molecule has 0 fully saturated rings. The van der Waals surface area contributed by atoms with Crippen LogP contribution in [0.3, 0.4) is 0 Å². The van der Waals surface area contributed by atoms with Crippen molar-refractivity contribution in [3.05, 3.63) is 89.1 Å². The average molecular weight is 528 g/mol. The first-order chi connectivity index (χ1) is 19.0. The van der Waals surface area contributed by atoms with Gasteiger partial charge in [-0.2, -0.15) is 5.10 Å². The second kappa shape index (κ2) is 10.9. The highest BCUT2D eigenvalue weighted by molar-refractivity contribution is 6.12. The van der Waals surface area contributed by atoms with Gasteiger partial charge >= 0.3 is 5.97 Å². The molecule has 0 saturated carbocycles. The van der Waals surface area contributed by atoms with E-state index in [4.69, 9.17) is 18.9 Å². The maximum atomic E-state index is 13.9. The van der Waals surface area contributed by atoms with E-state index in [1.165, 1.54) is 0 Å². The number of nitrogens with one attached hydrogen (secondary N) is 1. The summed E-state index contributed by atoms with van der Waals surface area (Å²) in [5.41, 5.74) is 4.29. The van der Waals surface area contributed by atoms with Gasteiger partial charge in [0.25, 0.3) is 5.91 Å². The number of H-pyrrole nitrogens is 1. The fourth-order valence-corrected chi connectivity index (χ4v) is 4.83. The molecule has 4 aromatic rings. The summed E-state index contributed by atoms with van der Waals surface area (Å²) in [4.78, 5) is 27.8. The number of hydrogen-bond acceptors (Lipinski definition) is 7. The zero-order chi connectivity index (χ0) is 27.5. The molecule has 1 N–H and O–H groups in total. The Kier molecular flexibility index (Phi) is 7.23. The Balaban J connectivity index is 1.66. The molecule has 1 atom stereocenters. The van der Waals surface area contributed by atoms with Gasteiger partial charge in [-0.1, -0.05) is 0 Å². The van der Waals surface area contributed by atoms with Crippen LogP contribution in [0.4, 0.5) is 5.69 Å². The van der Waals surface area contributed by atoms with Gasteiger partial charge in [-0.3, -0.25) is 14.8 Å². The van der Waals surface area contributed by atoms with Gasteiger partial charge < -0.3 is 18.9 Å². The number of carbonyl (C=O) groups is 2. The number of nitrogens with zero attached hydrogens (tertiary/aromatic N) is 2. The Hall–Kier alpha value is -4.79. The Bertz CT molecular complexity index is 1490. The number of methoxy groups -OCH3 is 2. The zero-order valence-corrected chi connectivity index (χ0v) is 22.2. The third-order valence-electron chi connectivity index (χ3n) is 6.60. The van der Waals surface area contributed by atoms with Crippen LogP contribution in [0, 0.1) is 0 Å². The van der Waals surface area contributed by atoms with Crippen LogP contribution in [-0.4, -0.2) is 49.5 Å². The zero-order valence-electron chi connectivity index (χ0n) is 22.2. The number of esters is 1. The van der Waals surface area contributed by atoms with Crippen LogP contribution in [0.25, 0.3) is 11.3 Å². The van der Waals surface area contributed by atoms with Gasteiger partial charge in [0.15, 0.2) is 0 Å². The van der Waals surface area contributed by atoms with Crippen molar-refractivity contribution >= 4 is 17.6 Å². The molecule has 3 aromatic carbocycles. The normalized spacial score (nSPS) is 14.2. The average Bonchev–Trinajstić information content (AvgIpc) is 3.52. The number of ether oxygens (including phenoxy) is 4. The lowest BCUT2D eigenvalue weighted by Gasteiger charge is -2.28. The molecule has 1 amide bonds. The molecular formula is C30H29N3O6. The summed E-state index contributed by atoms with van der Waals surface area (Å²) in [6.45, 7) is 4.53. The van der Waals surface area contributed by atoms with Gasteiger partial charge in [0.1, 0.15) is 22.9 Å². The maximum absolute atomic E-state index is 13.9. The number of fused-ring (bicyclic) bond motifs is 1. The molecule has 39 heavy (non-hydrogen) atoms. The van der Waals surface area contributed by atoms with E-state index < -0.39 is 12.0 Å². The summed E-state index contributed by atoms with van der Waals surface area (Å²) in [6.07, 6.45) is 0. The third-order valence-corrected chi connectivity index (χ3v) is 6.60. The van der Waals surface area contributed by atoms with Crippen LogP contribution >= 0.6 is 0 Å². The number of anilines is 1. The largest absolute Gasteiger partial charge is 0.497 e. The van der Waals surface area contributed by atoms with E-state index in [9.17, 15) is 9.59 Å². The Morgan fingerprint density at radius 1 is 0.923 bits per heavy atom. The monoisotopic (exact) mass is 527 g/mol. The van der Waals surface area contributed by atoms with Crippen molar-refractivity contribution in [1.29, 1.82) is 0 Å². The molecule has 0 radical (unpaired) electrons. The van der Waals surface area contributed by atoms with Crippen LogP contribution in [0.2, 0.25) is 0 Å². The smallest absolute Gasteiger partial charge is 0.338 e. The second-order valence-electron chi connectivity index (χ2n) is 8.77. The first kappa shape index (κ1) is 25.8. The van der Waals surface area contributed by atoms with Crippen molar-refractivity contribution in [3.63, 3.8) is 0 Å². The summed E-state index contributed by atoms with van der Waals surface area (Å²) in [7, 11) is 3.18. The van der Waals surface area contributed by atoms with Gasteiger partial charge in [0.2, 0.25) is 0 Å². The molecular weight excluding hydrogens is 498 g/mol. The van der Waals surface area contributed by atoms with E-state index in [1.807, 2.05) is 43.3 Å². The van der Waals surface area contributed by atoms with Gasteiger partial charge in [-0.25, -0.2) is 4.79 Å². The van der Waals surface area contributed by atoms with E-state index in [0.29, 0.717) is 46.3 Å². The highest BCUT2D eigenvalue weighted by Gasteiger charge is 2.44. The van der Waals surface area contributed by atoms with Gasteiger partial charge in [0, 0.05) is 22.4 Å². The van der Waals surface area contributed by atoms with Crippen LogP contribution in [-0.2, 0) is 4.74 Å². The van der Waals surface area contributed by atoms with Gasteiger partial charge in [0.05, 0.1) is 44.7 Å². The minimum absolute atomic E-state index is 0.256. The van der Waals surface area contributed by atoms with E-state index >= 15 is 0 Å². The Morgan fingerprint density at radius 2 is 1.64 bits per heavy atom. The van der Waals surface area contributed by atoms with Crippen molar-refractivity contribution < 1.29 is 28.5 Å². The highest BCUT2D eigenvalue weighted by Crippen LogP contribution is 2.48. The van der Waals surface area contributed by atoms with E-state index in [2.05, 4.69) is 10.2 Å². The minimum Gasteiger partial charge on any atom is -0.497 e. The number of aromatic nitrogens is 2. The molecule has 1 unspecified atom stereocenters. The van der Waals surface area contributed by atoms with Crippen LogP contribution in [0.5, 0.6) is 17.2 Å². The van der Waals surface area contributed by atoms with Crippen molar-refractivity contribution in [2.75, 3.05) is 32.3 Å². The van der Waals surface area contributed by atoms with E-state index in [-0.39, 0.29) is 12.5 Å². The molecule has 0 spiro atoms. The molecule has 0 saturated heterocycles. The standard InChI is InChI=1S/C30H29N3O6/c1-5-38-21-13-9-18(10-14-21)26-25-27(32-31-26)29(34)33(20-11-7-19(8-12-20)30(35)39-6-2)28(25)23-17-22(36-3)15-16-24(23)37-4/h7-17,28H,5-6H2,1-4H3,(H,31,32). The highest BCUT2D eigenvalue weighted by atomic mass is 16.5. The molecule has 1 aliphatic rings. The first-order valence-corrected chi connectivity index (χ1v) is 12.6.